The van der Waals surface area contributed by atoms with Crippen LogP contribution in [0.25, 0.3) is 0 Å². The number of carbonyl (C=O) groups is 4. The van der Waals surface area contributed by atoms with Gasteiger partial charge in [0.15, 0.2) is 6.10 Å². The fraction of sp³-hybridized carbons (Fsp3) is 0.500. The van der Waals surface area contributed by atoms with Crippen molar-refractivity contribution in [2.45, 2.75) is 51.6 Å². The molecule has 0 saturated carbocycles. The molecule has 0 radical (unpaired) electrons. The van der Waals surface area contributed by atoms with E-state index in [1.165, 1.54) is 6.07 Å². The number of rotatable bonds is 4. The molecular formula is C20H24N2O5. The maximum Gasteiger partial charge on any atom is 0.338 e. The van der Waals surface area contributed by atoms with Gasteiger partial charge < -0.3 is 9.64 Å². The number of hydrogen-bond donors (Lipinski definition) is 0. The third-order valence-electron chi connectivity index (χ3n) is 4.94. The lowest BCUT2D eigenvalue weighted by molar-refractivity contribution is -0.139. The first-order chi connectivity index (χ1) is 13.0. The molecule has 2 aliphatic rings. The molecule has 2 aliphatic heterocycles. The zero-order valence-corrected chi connectivity index (χ0v) is 15.5. The van der Waals surface area contributed by atoms with Crippen molar-refractivity contribution in [2.75, 3.05) is 18.0 Å². The Bertz CT molecular complexity index is 736. The molecule has 7 nitrogen and oxygen atoms in total. The molecule has 0 spiro atoms. The second-order valence-electron chi connectivity index (χ2n) is 6.96. The van der Waals surface area contributed by atoms with E-state index < -0.39 is 12.1 Å². The summed E-state index contributed by atoms with van der Waals surface area (Å²) in [4.78, 5) is 51.6. The Morgan fingerprint density at radius 3 is 2.26 bits per heavy atom. The summed E-state index contributed by atoms with van der Waals surface area (Å²) >= 11 is 0. The van der Waals surface area contributed by atoms with E-state index in [4.69, 9.17) is 4.74 Å². The van der Waals surface area contributed by atoms with Crippen LogP contribution < -0.4 is 4.90 Å². The summed E-state index contributed by atoms with van der Waals surface area (Å²) in [6.45, 7) is 2.95. The predicted octanol–water partition coefficient (Wildman–Crippen LogP) is 2.29. The number of benzene rings is 1. The van der Waals surface area contributed by atoms with Gasteiger partial charge in [-0.15, -0.1) is 0 Å². The van der Waals surface area contributed by atoms with Crippen LogP contribution in [0.15, 0.2) is 24.3 Å². The second kappa shape index (κ2) is 8.33. The summed E-state index contributed by atoms with van der Waals surface area (Å²) in [5.41, 5.74) is 0.555. The molecule has 144 valence electrons. The summed E-state index contributed by atoms with van der Waals surface area (Å²) in [5, 5.41) is 0. The van der Waals surface area contributed by atoms with Crippen LogP contribution in [-0.2, 0) is 19.1 Å². The minimum atomic E-state index is -0.880. The number of anilines is 1. The first-order valence-corrected chi connectivity index (χ1v) is 9.43. The number of amides is 3. The molecular weight excluding hydrogens is 348 g/mol. The van der Waals surface area contributed by atoms with Crippen LogP contribution in [0.2, 0.25) is 0 Å². The van der Waals surface area contributed by atoms with Crippen molar-refractivity contribution in [3.8, 4) is 0 Å². The molecule has 1 aromatic rings. The van der Waals surface area contributed by atoms with E-state index in [9.17, 15) is 19.2 Å². The van der Waals surface area contributed by atoms with Crippen molar-refractivity contribution in [2.24, 2.45) is 0 Å². The van der Waals surface area contributed by atoms with Crippen LogP contribution in [0.3, 0.4) is 0 Å². The Labute approximate surface area is 158 Å². The molecule has 1 atom stereocenters. The highest BCUT2D eigenvalue weighted by Gasteiger charge is 2.31. The Hall–Kier alpha value is -2.70. The molecule has 0 N–H and O–H groups in total. The number of imide groups is 1. The Kier molecular flexibility index (Phi) is 5.88. The predicted molar refractivity (Wildman–Crippen MR) is 98.1 cm³/mol. The molecule has 2 saturated heterocycles. The molecule has 2 heterocycles. The quantitative estimate of drug-likeness (QED) is 0.598. The molecule has 7 heteroatoms. The number of esters is 1. The minimum absolute atomic E-state index is 0.175. The fourth-order valence-electron chi connectivity index (χ4n) is 3.46. The van der Waals surface area contributed by atoms with E-state index in [2.05, 4.69) is 0 Å². The van der Waals surface area contributed by atoms with Crippen molar-refractivity contribution in [1.29, 1.82) is 0 Å². The molecule has 1 aromatic carbocycles. The first-order valence-electron chi connectivity index (χ1n) is 9.43. The third kappa shape index (κ3) is 4.35. The Morgan fingerprint density at radius 1 is 1.00 bits per heavy atom. The minimum Gasteiger partial charge on any atom is -0.449 e. The van der Waals surface area contributed by atoms with E-state index in [1.54, 1.807) is 30.0 Å². The van der Waals surface area contributed by atoms with E-state index in [0.29, 0.717) is 18.8 Å². The topological polar surface area (TPSA) is 84.0 Å². The fourth-order valence-corrected chi connectivity index (χ4v) is 3.46. The SMILES string of the molecule is C[C@H](OC(=O)c1cccc(N2C(=O)CCC2=O)c1)C(=O)N1CCCCCC1. The monoisotopic (exact) mass is 372 g/mol. The zero-order valence-electron chi connectivity index (χ0n) is 15.5. The molecule has 0 unspecified atom stereocenters. The van der Waals surface area contributed by atoms with E-state index in [1.807, 2.05) is 0 Å². The van der Waals surface area contributed by atoms with Crippen LogP contribution in [0, 0.1) is 0 Å². The molecule has 0 bridgehead atoms. The van der Waals surface area contributed by atoms with Gasteiger partial charge in [-0.2, -0.15) is 0 Å². The summed E-state index contributed by atoms with van der Waals surface area (Å²) in [6.07, 6.45) is 3.62. The molecule has 2 fully saturated rings. The van der Waals surface area contributed by atoms with Crippen molar-refractivity contribution in [3.05, 3.63) is 29.8 Å². The smallest absolute Gasteiger partial charge is 0.338 e. The lowest BCUT2D eigenvalue weighted by atomic mass is 10.2. The normalized spacial score (nSPS) is 19.0. The van der Waals surface area contributed by atoms with Crippen LogP contribution in [0.4, 0.5) is 5.69 Å². The summed E-state index contributed by atoms with van der Waals surface area (Å²) in [5.74, 6) is -1.40. The maximum absolute atomic E-state index is 12.5. The molecule has 0 aliphatic carbocycles. The third-order valence-corrected chi connectivity index (χ3v) is 4.94. The van der Waals surface area contributed by atoms with Gasteiger partial charge in [-0.25, -0.2) is 4.79 Å². The van der Waals surface area contributed by atoms with Gasteiger partial charge in [0, 0.05) is 25.9 Å². The average molecular weight is 372 g/mol. The summed E-state index contributed by atoms with van der Waals surface area (Å²) < 4.78 is 5.35. The van der Waals surface area contributed by atoms with E-state index in [-0.39, 0.29) is 36.1 Å². The van der Waals surface area contributed by atoms with Crippen molar-refractivity contribution in [1.82, 2.24) is 4.90 Å². The highest BCUT2D eigenvalue weighted by atomic mass is 16.5. The summed E-state index contributed by atoms with van der Waals surface area (Å²) in [6, 6.07) is 6.18. The van der Waals surface area contributed by atoms with Gasteiger partial charge in [0.1, 0.15) is 0 Å². The highest BCUT2D eigenvalue weighted by Crippen LogP contribution is 2.24. The Morgan fingerprint density at radius 2 is 1.63 bits per heavy atom. The second-order valence-corrected chi connectivity index (χ2v) is 6.96. The van der Waals surface area contributed by atoms with Gasteiger partial charge in [-0.05, 0) is 38.0 Å². The largest absolute Gasteiger partial charge is 0.449 e. The van der Waals surface area contributed by atoms with Gasteiger partial charge in [0.2, 0.25) is 11.8 Å². The lowest BCUT2D eigenvalue weighted by Gasteiger charge is -2.24. The number of carbonyl (C=O) groups excluding carboxylic acids is 4. The van der Waals surface area contributed by atoms with Gasteiger partial charge >= 0.3 is 5.97 Å². The number of ether oxygens (including phenoxy) is 1. The molecule has 27 heavy (non-hydrogen) atoms. The zero-order chi connectivity index (χ0) is 19.4. The lowest BCUT2D eigenvalue weighted by Crippen LogP contribution is -2.40. The van der Waals surface area contributed by atoms with Crippen molar-refractivity contribution < 1.29 is 23.9 Å². The first kappa shape index (κ1) is 19.1. The number of nitrogens with zero attached hydrogens (tertiary/aromatic N) is 2. The number of hydrogen-bond acceptors (Lipinski definition) is 5. The summed E-state index contributed by atoms with van der Waals surface area (Å²) in [7, 11) is 0. The van der Waals surface area contributed by atoms with Crippen molar-refractivity contribution in [3.63, 3.8) is 0 Å². The van der Waals surface area contributed by atoms with Gasteiger partial charge in [-0.1, -0.05) is 18.9 Å². The van der Waals surface area contributed by atoms with E-state index >= 15 is 0 Å². The highest BCUT2D eigenvalue weighted by molar-refractivity contribution is 6.20. The van der Waals surface area contributed by atoms with Gasteiger partial charge in [0.25, 0.3) is 5.91 Å². The van der Waals surface area contributed by atoms with Gasteiger partial charge in [-0.3, -0.25) is 19.3 Å². The van der Waals surface area contributed by atoms with Crippen LogP contribution in [0.1, 0.15) is 55.8 Å². The maximum atomic E-state index is 12.5. The molecule has 3 amide bonds. The van der Waals surface area contributed by atoms with Crippen molar-refractivity contribution >= 4 is 29.4 Å². The van der Waals surface area contributed by atoms with E-state index in [0.717, 1.165) is 30.6 Å². The Balaban J connectivity index is 1.67. The van der Waals surface area contributed by atoms with Crippen LogP contribution in [0.5, 0.6) is 0 Å². The molecule has 0 aromatic heterocycles. The molecule has 3 rings (SSSR count). The standard InChI is InChI=1S/C20H24N2O5/c1-14(19(25)21-11-4-2-3-5-12-21)27-20(26)15-7-6-8-16(13-15)22-17(23)9-10-18(22)24/h6-8,13-14H,2-5,9-12H2,1H3/t14-/m0/s1. The van der Waals surface area contributed by atoms with Crippen LogP contribution in [-0.4, -0.2) is 47.8 Å². The van der Waals surface area contributed by atoms with Gasteiger partial charge in [0.05, 0.1) is 11.3 Å². The number of likely N-dealkylation sites (tertiary alicyclic amines) is 1. The average Bonchev–Trinajstić information content (AvgIpc) is 2.86. The van der Waals surface area contributed by atoms with Crippen LogP contribution >= 0.6 is 0 Å².